The number of carbonyl (C=O) groups is 4. The normalized spacial score (nSPS) is 14.9. The molecular formula is C22H21N5O4S. The summed E-state index contributed by atoms with van der Waals surface area (Å²) >= 11 is 1.27. The molecule has 0 unspecified atom stereocenters. The van der Waals surface area contributed by atoms with E-state index in [0.717, 1.165) is 16.8 Å². The van der Waals surface area contributed by atoms with Crippen LogP contribution in [0.5, 0.6) is 0 Å². The molecule has 0 radical (unpaired) electrons. The number of aromatic nitrogens is 3. The highest BCUT2D eigenvalue weighted by molar-refractivity contribution is 7.11. The number of aldehydes is 2. The number of hydrogen-bond acceptors (Lipinski definition) is 8. The highest BCUT2D eigenvalue weighted by Gasteiger charge is 2.30. The molecule has 9 nitrogen and oxygen atoms in total. The summed E-state index contributed by atoms with van der Waals surface area (Å²) in [5.74, 6) is -1.17. The second-order valence-electron chi connectivity index (χ2n) is 7.46. The number of rotatable bonds is 6. The van der Waals surface area contributed by atoms with Crippen molar-refractivity contribution in [2.45, 2.75) is 13.8 Å². The first-order valence-corrected chi connectivity index (χ1v) is 10.9. The van der Waals surface area contributed by atoms with Gasteiger partial charge in [-0.05, 0) is 19.4 Å². The fourth-order valence-corrected chi connectivity index (χ4v) is 4.57. The lowest BCUT2D eigenvalue weighted by Gasteiger charge is -2.36. The molecule has 0 bridgehead atoms. The quantitative estimate of drug-likeness (QED) is 0.263. The van der Waals surface area contributed by atoms with Crippen molar-refractivity contribution >= 4 is 52.1 Å². The highest BCUT2D eigenvalue weighted by atomic mass is 32.1. The minimum atomic E-state index is -0.591. The van der Waals surface area contributed by atoms with Gasteiger partial charge < -0.3 is 14.8 Å². The monoisotopic (exact) mass is 451 g/mol. The third-order valence-corrected chi connectivity index (χ3v) is 6.41. The van der Waals surface area contributed by atoms with Crippen LogP contribution in [0.2, 0.25) is 0 Å². The fraction of sp³-hybridized carbons (Fsp3) is 0.273. The van der Waals surface area contributed by atoms with Crippen LogP contribution in [0, 0.1) is 13.8 Å². The van der Waals surface area contributed by atoms with Crippen LogP contribution >= 0.6 is 11.3 Å². The first kappa shape index (κ1) is 21.6. The Bertz CT molecular complexity index is 1240. The van der Waals surface area contributed by atoms with E-state index in [4.69, 9.17) is 0 Å². The van der Waals surface area contributed by atoms with Gasteiger partial charge in [0.25, 0.3) is 11.7 Å². The molecule has 1 N–H and O–H groups in total. The molecule has 3 aromatic heterocycles. The zero-order chi connectivity index (χ0) is 22.8. The summed E-state index contributed by atoms with van der Waals surface area (Å²) in [6, 6.07) is 0. The van der Waals surface area contributed by atoms with Crippen molar-refractivity contribution in [3.63, 3.8) is 0 Å². The Kier molecular flexibility index (Phi) is 5.95. The van der Waals surface area contributed by atoms with Crippen molar-refractivity contribution in [3.05, 3.63) is 51.5 Å². The smallest absolute Gasteiger partial charge is 0.295 e. The molecule has 10 heteroatoms. The van der Waals surface area contributed by atoms with Gasteiger partial charge in [0, 0.05) is 55.5 Å². The second kappa shape index (κ2) is 8.83. The van der Waals surface area contributed by atoms with Crippen LogP contribution in [0.3, 0.4) is 0 Å². The zero-order valence-electron chi connectivity index (χ0n) is 17.6. The predicted molar refractivity (Wildman–Crippen MR) is 119 cm³/mol. The molecule has 0 atom stereocenters. The van der Waals surface area contributed by atoms with Crippen molar-refractivity contribution in [3.8, 4) is 0 Å². The number of nitrogens with zero attached hydrogens (tertiary/aromatic N) is 4. The lowest BCUT2D eigenvalue weighted by Crippen LogP contribution is -2.50. The summed E-state index contributed by atoms with van der Waals surface area (Å²) in [5, 5.41) is 2.91. The van der Waals surface area contributed by atoms with E-state index in [9.17, 15) is 19.2 Å². The lowest BCUT2D eigenvalue weighted by atomic mass is 10.0. The SMILES string of the molecule is Cc1ncc(C)c2c(C(=O)C(=O)N3CCN(/C(C=O)=C(/C=O)c4nccs4)CC3)c[nH]c12. The van der Waals surface area contributed by atoms with Crippen molar-refractivity contribution in [1.29, 1.82) is 0 Å². The number of hydrogen-bond donors (Lipinski definition) is 1. The maximum absolute atomic E-state index is 13.0. The van der Waals surface area contributed by atoms with Gasteiger partial charge >= 0.3 is 0 Å². The van der Waals surface area contributed by atoms with Gasteiger partial charge in [-0.25, -0.2) is 4.98 Å². The first-order valence-electron chi connectivity index (χ1n) is 10.0. The number of H-pyrrole nitrogens is 1. The van der Waals surface area contributed by atoms with Crippen LogP contribution in [0.4, 0.5) is 0 Å². The molecular weight excluding hydrogens is 430 g/mol. The molecule has 164 valence electrons. The molecule has 1 amide bonds. The number of carbonyl (C=O) groups excluding carboxylic acids is 4. The summed E-state index contributed by atoms with van der Waals surface area (Å²) in [4.78, 5) is 64.0. The molecule has 0 aliphatic carbocycles. The molecule has 3 aromatic rings. The van der Waals surface area contributed by atoms with Gasteiger partial charge in [0.1, 0.15) is 5.01 Å². The number of aryl methyl sites for hydroxylation is 2. The van der Waals surface area contributed by atoms with E-state index in [1.165, 1.54) is 16.2 Å². The van der Waals surface area contributed by atoms with Crippen molar-refractivity contribution in [1.82, 2.24) is 24.8 Å². The third kappa shape index (κ3) is 3.73. The number of nitrogens with one attached hydrogen (secondary N) is 1. The van der Waals surface area contributed by atoms with Gasteiger partial charge in [0.05, 0.1) is 28.0 Å². The Morgan fingerprint density at radius 1 is 1.06 bits per heavy atom. The van der Waals surface area contributed by atoms with E-state index in [0.29, 0.717) is 41.6 Å². The lowest BCUT2D eigenvalue weighted by molar-refractivity contribution is -0.127. The minimum Gasteiger partial charge on any atom is -0.365 e. The van der Waals surface area contributed by atoms with Crippen molar-refractivity contribution in [2.75, 3.05) is 26.2 Å². The number of thiazole rings is 1. The van der Waals surface area contributed by atoms with Crippen LogP contribution in [-0.2, 0) is 14.4 Å². The molecule has 32 heavy (non-hydrogen) atoms. The molecule has 1 saturated heterocycles. The number of fused-ring (bicyclic) bond motifs is 1. The Hall–Kier alpha value is -3.66. The Balaban J connectivity index is 1.52. The number of aromatic amines is 1. The van der Waals surface area contributed by atoms with E-state index in [2.05, 4.69) is 15.0 Å². The number of amides is 1. The summed E-state index contributed by atoms with van der Waals surface area (Å²) in [7, 11) is 0. The molecule has 1 aliphatic rings. The first-order chi connectivity index (χ1) is 15.5. The number of piperazine rings is 1. The average Bonchev–Trinajstić information content (AvgIpc) is 3.50. The standard InChI is InChI=1S/C22H21N5O4S/c1-13-9-24-14(2)19-18(13)15(10-25-19)20(30)22(31)27-6-4-26(5-7-27)17(12-29)16(11-28)21-23-3-8-32-21/h3,8-12,25H,4-7H2,1-2H3/b17-16-. The van der Waals surface area contributed by atoms with Gasteiger partial charge in [-0.15, -0.1) is 11.3 Å². The Labute approximate surface area is 187 Å². The zero-order valence-corrected chi connectivity index (χ0v) is 18.4. The van der Waals surface area contributed by atoms with Crippen LogP contribution in [0.15, 0.2) is 29.7 Å². The van der Waals surface area contributed by atoms with Gasteiger partial charge in [0.15, 0.2) is 12.6 Å². The van der Waals surface area contributed by atoms with Crippen LogP contribution in [0.25, 0.3) is 16.5 Å². The Morgan fingerprint density at radius 3 is 2.41 bits per heavy atom. The minimum absolute atomic E-state index is 0.226. The molecule has 0 spiro atoms. The number of ketones is 1. The van der Waals surface area contributed by atoms with Crippen LogP contribution in [0.1, 0.15) is 26.6 Å². The molecule has 1 fully saturated rings. The van der Waals surface area contributed by atoms with Gasteiger partial charge in [0.2, 0.25) is 0 Å². The van der Waals surface area contributed by atoms with Crippen molar-refractivity contribution < 1.29 is 19.2 Å². The molecule has 0 saturated carbocycles. The third-order valence-electron chi connectivity index (χ3n) is 5.60. The van der Waals surface area contributed by atoms with E-state index in [1.54, 1.807) is 28.9 Å². The van der Waals surface area contributed by atoms with Gasteiger partial charge in [-0.1, -0.05) is 0 Å². The Morgan fingerprint density at radius 2 is 1.78 bits per heavy atom. The van der Waals surface area contributed by atoms with E-state index >= 15 is 0 Å². The average molecular weight is 452 g/mol. The predicted octanol–water partition coefficient (Wildman–Crippen LogP) is 1.77. The van der Waals surface area contributed by atoms with E-state index in [1.807, 2.05) is 13.8 Å². The number of pyridine rings is 1. The number of allylic oxidation sites excluding steroid dienone is 2. The molecule has 4 heterocycles. The summed E-state index contributed by atoms with van der Waals surface area (Å²) in [6.07, 6.45) is 6.07. The van der Waals surface area contributed by atoms with Crippen LogP contribution < -0.4 is 0 Å². The summed E-state index contributed by atoms with van der Waals surface area (Å²) in [6.45, 7) is 4.85. The molecule has 4 rings (SSSR count). The fourth-order valence-electron chi connectivity index (χ4n) is 3.91. The topological polar surface area (TPSA) is 116 Å². The van der Waals surface area contributed by atoms with Crippen molar-refractivity contribution in [2.24, 2.45) is 0 Å². The maximum atomic E-state index is 13.0. The summed E-state index contributed by atoms with van der Waals surface area (Å²) in [5.41, 5.74) is 3.11. The van der Waals surface area contributed by atoms with E-state index < -0.39 is 11.7 Å². The number of Topliss-reactive ketones (excluding diaryl/α,β-unsaturated/α-hetero) is 1. The second-order valence-corrected chi connectivity index (χ2v) is 8.35. The summed E-state index contributed by atoms with van der Waals surface area (Å²) < 4.78 is 0. The largest absolute Gasteiger partial charge is 0.365 e. The van der Waals surface area contributed by atoms with E-state index in [-0.39, 0.29) is 24.4 Å². The maximum Gasteiger partial charge on any atom is 0.295 e. The molecule has 1 aliphatic heterocycles. The van der Waals surface area contributed by atoms with Gasteiger partial charge in [-0.2, -0.15) is 0 Å². The van der Waals surface area contributed by atoms with Crippen LogP contribution in [-0.4, -0.2) is 75.2 Å². The molecule has 0 aromatic carbocycles. The highest BCUT2D eigenvalue weighted by Crippen LogP contribution is 2.25. The van der Waals surface area contributed by atoms with Gasteiger partial charge in [-0.3, -0.25) is 24.2 Å².